The highest BCUT2D eigenvalue weighted by molar-refractivity contribution is 5.76. The predicted octanol–water partition coefficient (Wildman–Crippen LogP) is 1.32. The van der Waals surface area contributed by atoms with Crippen LogP contribution in [0.5, 0.6) is 0 Å². The van der Waals surface area contributed by atoms with E-state index in [1.807, 2.05) is 27.7 Å². The Balaban J connectivity index is 3.73. The fourth-order valence-corrected chi connectivity index (χ4v) is 0.957. The number of carbonyl (C=O) groups is 1. The number of hydrogen-bond donors (Lipinski definition) is 2. The van der Waals surface area contributed by atoms with E-state index in [2.05, 4.69) is 5.32 Å². The first-order chi connectivity index (χ1) is 7.25. The van der Waals surface area contributed by atoms with Gasteiger partial charge in [-0.1, -0.05) is 13.8 Å². The molecule has 0 radical (unpaired) electrons. The van der Waals surface area contributed by atoms with Crippen molar-refractivity contribution in [3.05, 3.63) is 0 Å². The Morgan fingerprint density at radius 1 is 1.38 bits per heavy atom. The van der Waals surface area contributed by atoms with E-state index in [0.717, 1.165) is 0 Å². The molecular weight excluding hydrogens is 206 g/mol. The molecule has 0 heterocycles. The van der Waals surface area contributed by atoms with Crippen molar-refractivity contribution in [2.75, 3.05) is 13.2 Å². The summed E-state index contributed by atoms with van der Waals surface area (Å²) in [7, 11) is 0. The van der Waals surface area contributed by atoms with Crippen LogP contribution < -0.4 is 5.32 Å². The second kappa shape index (κ2) is 6.86. The minimum atomic E-state index is -0.853. The van der Waals surface area contributed by atoms with Crippen LogP contribution in [0.4, 0.5) is 0 Å². The minimum absolute atomic E-state index is 0.0819. The summed E-state index contributed by atoms with van der Waals surface area (Å²) in [5.74, 6) is 0.0290. The van der Waals surface area contributed by atoms with Gasteiger partial charge in [-0.15, -0.1) is 0 Å². The molecule has 0 aliphatic heterocycles. The maximum absolute atomic E-state index is 11.4. The molecule has 96 valence electrons. The lowest BCUT2D eigenvalue weighted by Gasteiger charge is -2.27. The highest BCUT2D eigenvalue weighted by Gasteiger charge is 2.25. The van der Waals surface area contributed by atoms with Crippen LogP contribution in [0.3, 0.4) is 0 Å². The Labute approximate surface area is 98.4 Å². The second-order valence-electron chi connectivity index (χ2n) is 4.96. The molecule has 0 saturated heterocycles. The van der Waals surface area contributed by atoms with Crippen molar-refractivity contribution in [3.63, 3.8) is 0 Å². The van der Waals surface area contributed by atoms with E-state index in [1.54, 1.807) is 6.92 Å². The first kappa shape index (κ1) is 15.4. The minimum Gasteiger partial charge on any atom is -0.388 e. The first-order valence-electron chi connectivity index (χ1n) is 5.86. The molecule has 16 heavy (non-hydrogen) atoms. The number of carbonyl (C=O) groups excluding carboxylic acids is 1. The SMILES string of the molecule is CC(C)OCCC(=O)NCC(C)(O)C(C)C. The van der Waals surface area contributed by atoms with Gasteiger partial charge in [-0.3, -0.25) is 4.79 Å². The molecule has 0 spiro atoms. The molecule has 0 rings (SSSR count). The largest absolute Gasteiger partial charge is 0.388 e. The molecule has 0 saturated carbocycles. The molecule has 4 nitrogen and oxygen atoms in total. The van der Waals surface area contributed by atoms with Gasteiger partial charge < -0.3 is 15.2 Å². The van der Waals surface area contributed by atoms with E-state index < -0.39 is 5.60 Å². The van der Waals surface area contributed by atoms with Crippen LogP contribution in [0, 0.1) is 5.92 Å². The summed E-state index contributed by atoms with van der Waals surface area (Å²) in [6.45, 7) is 10.1. The molecule has 0 fully saturated rings. The molecule has 0 aromatic carbocycles. The molecule has 0 aromatic heterocycles. The molecule has 4 heteroatoms. The van der Waals surface area contributed by atoms with Gasteiger partial charge in [-0.25, -0.2) is 0 Å². The van der Waals surface area contributed by atoms with Gasteiger partial charge in [0.1, 0.15) is 0 Å². The highest BCUT2D eigenvalue weighted by atomic mass is 16.5. The zero-order valence-corrected chi connectivity index (χ0v) is 11.0. The van der Waals surface area contributed by atoms with E-state index >= 15 is 0 Å². The van der Waals surface area contributed by atoms with Crippen LogP contribution >= 0.6 is 0 Å². The van der Waals surface area contributed by atoms with Gasteiger partial charge in [0.05, 0.1) is 18.3 Å². The zero-order chi connectivity index (χ0) is 12.8. The Morgan fingerprint density at radius 3 is 2.38 bits per heavy atom. The van der Waals surface area contributed by atoms with Crippen LogP contribution in [0.2, 0.25) is 0 Å². The molecular formula is C12H25NO3. The number of hydrogen-bond acceptors (Lipinski definition) is 3. The third-order valence-electron chi connectivity index (χ3n) is 2.67. The lowest BCUT2D eigenvalue weighted by molar-refractivity contribution is -0.124. The summed E-state index contributed by atoms with van der Waals surface area (Å²) in [5.41, 5.74) is -0.853. The van der Waals surface area contributed by atoms with Crippen LogP contribution in [-0.4, -0.2) is 35.9 Å². The quantitative estimate of drug-likeness (QED) is 0.695. The summed E-state index contributed by atoms with van der Waals surface area (Å²) < 4.78 is 5.27. The maximum atomic E-state index is 11.4. The molecule has 0 aromatic rings. The van der Waals surface area contributed by atoms with Crippen molar-refractivity contribution in [1.29, 1.82) is 0 Å². The molecule has 0 bridgehead atoms. The van der Waals surface area contributed by atoms with Gasteiger partial charge in [-0.2, -0.15) is 0 Å². The topological polar surface area (TPSA) is 58.6 Å². The van der Waals surface area contributed by atoms with Crippen molar-refractivity contribution in [1.82, 2.24) is 5.32 Å². The third-order valence-corrected chi connectivity index (χ3v) is 2.67. The molecule has 1 unspecified atom stereocenters. The monoisotopic (exact) mass is 231 g/mol. The van der Waals surface area contributed by atoms with E-state index in [9.17, 15) is 9.90 Å². The van der Waals surface area contributed by atoms with Crippen LogP contribution in [0.1, 0.15) is 41.0 Å². The number of aliphatic hydroxyl groups is 1. The Bertz CT molecular complexity index is 212. The van der Waals surface area contributed by atoms with Crippen molar-refractivity contribution in [2.24, 2.45) is 5.92 Å². The lowest BCUT2D eigenvalue weighted by atomic mass is 9.92. The Hall–Kier alpha value is -0.610. The van der Waals surface area contributed by atoms with Gasteiger partial charge in [0.25, 0.3) is 0 Å². The van der Waals surface area contributed by atoms with E-state index in [-0.39, 0.29) is 24.5 Å². The fraction of sp³-hybridized carbons (Fsp3) is 0.917. The van der Waals surface area contributed by atoms with E-state index in [1.165, 1.54) is 0 Å². The Morgan fingerprint density at radius 2 is 1.94 bits per heavy atom. The van der Waals surface area contributed by atoms with Crippen LogP contribution in [0.25, 0.3) is 0 Å². The van der Waals surface area contributed by atoms with Crippen molar-refractivity contribution in [3.8, 4) is 0 Å². The predicted molar refractivity (Wildman–Crippen MR) is 64.2 cm³/mol. The average Bonchev–Trinajstić information content (AvgIpc) is 2.14. The summed E-state index contributed by atoms with van der Waals surface area (Å²) >= 11 is 0. The normalized spacial score (nSPS) is 15.2. The summed E-state index contributed by atoms with van der Waals surface area (Å²) in [4.78, 5) is 11.4. The highest BCUT2D eigenvalue weighted by Crippen LogP contribution is 2.14. The molecule has 0 aliphatic rings. The van der Waals surface area contributed by atoms with Crippen LogP contribution in [-0.2, 0) is 9.53 Å². The molecule has 1 atom stereocenters. The number of amides is 1. The van der Waals surface area contributed by atoms with Gasteiger partial charge >= 0.3 is 0 Å². The van der Waals surface area contributed by atoms with Crippen molar-refractivity contribution < 1.29 is 14.6 Å². The number of nitrogens with one attached hydrogen (secondary N) is 1. The summed E-state index contributed by atoms with van der Waals surface area (Å²) in [5, 5.41) is 12.6. The van der Waals surface area contributed by atoms with E-state index in [0.29, 0.717) is 13.0 Å². The zero-order valence-electron chi connectivity index (χ0n) is 11.0. The van der Waals surface area contributed by atoms with Crippen molar-refractivity contribution >= 4 is 5.91 Å². The van der Waals surface area contributed by atoms with Gasteiger partial charge in [0.2, 0.25) is 5.91 Å². The Kier molecular flexibility index (Phi) is 6.60. The molecule has 0 aliphatic carbocycles. The number of ether oxygens (including phenoxy) is 1. The van der Waals surface area contributed by atoms with Crippen LogP contribution in [0.15, 0.2) is 0 Å². The van der Waals surface area contributed by atoms with Gasteiger partial charge in [0, 0.05) is 13.0 Å². The van der Waals surface area contributed by atoms with Gasteiger partial charge in [-0.05, 0) is 26.7 Å². The standard InChI is InChI=1S/C12H25NO3/c1-9(2)12(5,15)8-13-11(14)6-7-16-10(3)4/h9-10,15H,6-8H2,1-5H3,(H,13,14). The maximum Gasteiger partial charge on any atom is 0.222 e. The summed E-state index contributed by atoms with van der Waals surface area (Å²) in [6.07, 6.45) is 0.485. The van der Waals surface area contributed by atoms with Gasteiger partial charge in [0.15, 0.2) is 0 Å². The average molecular weight is 231 g/mol. The van der Waals surface area contributed by atoms with Crippen molar-refractivity contribution in [2.45, 2.75) is 52.7 Å². The molecule has 1 amide bonds. The first-order valence-corrected chi connectivity index (χ1v) is 5.86. The van der Waals surface area contributed by atoms with E-state index in [4.69, 9.17) is 4.74 Å². The smallest absolute Gasteiger partial charge is 0.222 e. The summed E-state index contributed by atoms with van der Waals surface area (Å²) in [6, 6.07) is 0. The number of rotatable bonds is 7. The lowest BCUT2D eigenvalue weighted by Crippen LogP contribution is -2.44. The third kappa shape index (κ3) is 6.80. The molecule has 2 N–H and O–H groups in total. The second-order valence-corrected chi connectivity index (χ2v) is 4.96. The fourth-order valence-electron chi connectivity index (χ4n) is 0.957.